The lowest BCUT2D eigenvalue weighted by molar-refractivity contribution is -0.144. The van der Waals surface area contributed by atoms with Crippen LogP contribution in [-0.2, 0) is 29.4 Å². The maximum absolute atomic E-state index is 12.7. The van der Waals surface area contributed by atoms with E-state index >= 15 is 0 Å². The summed E-state index contributed by atoms with van der Waals surface area (Å²) in [7, 11) is 0. The van der Waals surface area contributed by atoms with E-state index in [-0.39, 0.29) is 11.3 Å². The zero-order chi connectivity index (χ0) is 23.4. The number of alkyl halides is 3. The summed E-state index contributed by atoms with van der Waals surface area (Å²) in [6.07, 6.45) is 0.381. The first-order valence-corrected chi connectivity index (χ1v) is 12.4. The van der Waals surface area contributed by atoms with Gasteiger partial charge in [0, 0.05) is 54.3 Å². The zero-order valence-corrected chi connectivity index (χ0v) is 19.7. The predicted octanol–water partition coefficient (Wildman–Crippen LogP) is 4.08. The Balaban J connectivity index is 1.16. The van der Waals surface area contributed by atoms with Gasteiger partial charge in [0.2, 0.25) is 5.82 Å². The van der Waals surface area contributed by atoms with Crippen LogP contribution in [0.25, 0.3) is 0 Å². The van der Waals surface area contributed by atoms with Crippen molar-refractivity contribution in [1.82, 2.24) is 19.8 Å². The number of aromatic amines is 1. The number of H-pyrrole nitrogens is 1. The average molecular weight is 483 g/mol. The van der Waals surface area contributed by atoms with Crippen molar-refractivity contribution in [2.75, 3.05) is 32.8 Å². The van der Waals surface area contributed by atoms with E-state index in [1.807, 2.05) is 11.3 Å². The molecule has 33 heavy (non-hydrogen) atoms. The quantitative estimate of drug-likeness (QED) is 0.714. The molecule has 2 atom stereocenters. The van der Waals surface area contributed by atoms with Crippen LogP contribution in [0.1, 0.15) is 58.3 Å². The van der Waals surface area contributed by atoms with Crippen LogP contribution in [0.2, 0.25) is 0 Å². The Bertz CT molecular complexity index is 1030. The van der Waals surface area contributed by atoms with Crippen LogP contribution < -0.4 is 0 Å². The van der Waals surface area contributed by atoms with Crippen LogP contribution in [0, 0.1) is 5.92 Å². The van der Waals surface area contributed by atoms with Crippen LogP contribution in [0.5, 0.6) is 0 Å². The maximum Gasteiger partial charge on any atom is 0.449 e. The van der Waals surface area contributed by atoms with Crippen molar-refractivity contribution in [3.63, 3.8) is 0 Å². The summed E-state index contributed by atoms with van der Waals surface area (Å²) < 4.78 is 44.6. The third-order valence-electron chi connectivity index (χ3n) is 7.27. The lowest BCUT2D eigenvalue weighted by Crippen LogP contribution is -2.57. The molecular weight excluding hydrogens is 453 g/mol. The highest BCUT2D eigenvalue weighted by molar-refractivity contribution is 7.12. The van der Waals surface area contributed by atoms with E-state index in [9.17, 15) is 18.0 Å². The van der Waals surface area contributed by atoms with Gasteiger partial charge in [-0.05, 0) is 37.8 Å². The van der Waals surface area contributed by atoms with E-state index in [1.165, 1.54) is 15.3 Å². The summed E-state index contributed by atoms with van der Waals surface area (Å²) in [6.45, 7) is 8.16. The first-order chi connectivity index (χ1) is 15.7. The number of amides is 1. The molecule has 1 amide bonds. The van der Waals surface area contributed by atoms with E-state index in [0.29, 0.717) is 25.0 Å². The highest BCUT2D eigenvalue weighted by Gasteiger charge is 2.45. The number of nitrogens with zero attached hydrogens (tertiary/aromatic N) is 3. The minimum absolute atomic E-state index is 0.110. The van der Waals surface area contributed by atoms with Gasteiger partial charge in [-0.3, -0.25) is 4.79 Å². The molecule has 10 heteroatoms. The number of thiophene rings is 1. The Morgan fingerprint density at radius 1 is 1.39 bits per heavy atom. The SMILES string of the molecule is CCc1cc2c(s1)CCO[C@@]21CCN(CC2CN(C(=O)c3cnc(C(F)(F)F)[nH]3)C2)[C@@H](C)C1. The molecule has 0 aromatic carbocycles. The number of rotatable bonds is 4. The van der Waals surface area contributed by atoms with E-state index < -0.39 is 17.9 Å². The number of imidazole rings is 1. The molecule has 6 nitrogen and oxygen atoms in total. The van der Waals surface area contributed by atoms with E-state index in [4.69, 9.17) is 4.74 Å². The largest absolute Gasteiger partial charge is 0.449 e. The van der Waals surface area contributed by atoms with Crippen LogP contribution >= 0.6 is 11.3 Å². The summed E-state index contributed by atoms with van der Waals surface area (Å²) in [5.41, 5.74) is 1.12. The molecule has 2 fully saturated rings. The van der Waals surface area contributed by atoms with Gasteiger partial charge in [0.15, 0.2) is 0 Å². The Morgan fingerprint density at radius 2 is 2.18 bits per heavy atom. The zero-order valence-electron chi connectivity index (χ0n) is 18.9. The fourth-order valence-electron chi connectivity index (χ4n) is 5.47. The molecule has 0 bridgehead atoms. The van der Waals surface area contributed by atoms with Crippen molar-refractivity contribution >= 4 is 17.2 Å². The second-order valence-corrected chi connectivity index (χ2v) is 10.7. The van der Waals surface area contributed by atoms with E-state index in [2.05, 4.69) is 34.8 Å². The van der Waals surface area contributed by atoms with Gasteiger partial charge in [-0.2, -0.15) is 13.2 Å². The average Bonchev–Trinajstić information content (AvgIpc) is 3.39. The molecule has 180 valence electrons. The lowest BCUT2D eigenvalue weighted by Gasteiger charge is -2.49. The fourth-order valence-corrected chi connectivity index (χ4v) is 6.65. The molecule has 1 spiro atoms. The third kappa shape index (κ3) is 4.21. The molecule has 3 aliphatic rings. The van der Waals surface area contributed by atoms with Gasteiger partial charge < -0.3 is 19.5 Å². The van der Waals surface area contributed by atoms with Crippen molar-refractivity contribution in [3.8, 4) is 0 Å². The molecule has 2 saturated heterocycles. The first kappa shape index (κ1) is 22.9. The number of carbonyl (C=O) groups excluding carboxylic acids is 1. The lowest BCUT2D eigenvalue weighted by atomic mass is 9.79. The highest BCUT2D eigenvalue weighted by atomic mass is 32.1. The molecule has 3 aliphatic heterocycles. The Kier molecular flexibility index (Phi) is 5.81. The molecule has 2 aromatic rings. The number of aryl methyl sites for hydroxylation is 1. The second kappa shape index (κ2) is 8.39. The van der Waals surface area contributed by atoms with Crippen LogP contribution in [0.15, 0.2) is 12.3 Å². The van der Waals surface area contributed by atoms with Gasteiger partial charge in [0.05, 0.1) is 18.4 Å². The van der Waals surface area contributed by atoms with Gasteiger partial charge in [0.1, 0.15) is 5.69 Å². The number of hydrogen-bond donors (Lipinski definition) is 1. The number of halogens is 3. The van der Waals surface area contributed by atoms with Gasteiger partial charge in [-0.1, -0.05) is 6.92 Å². The van der Waals surface area contributed by atoms with Crippen molar-refractivity contribution < 1.29 is 22.7 Å². The molecular formula is C23H29F3N4O2S. The topological polar surface area (TPSA) is 61.5 Å². The summed E-state index contributed by atoms with van der Waals surface area (Å²) in [5, 5.41) is 0. The summed E-state index contributed by atoms with van der Waals surface area (Å²) in [5.74, 6) is -1.23. The molecule has 1 N–H and O–H groups in total. The third-order valence-corrected chi connectivity index (χ3v) is 8.61. The number of fused-ring (bicyclic) bond motifs is 2. The molecule has 0 aliphatic carbocycles. The Hall–Kier alpha value is -1.91. The summed E-state index contributed by atoms with van der Waals surface area (Å²) in [6, 6.07) is 2.72. The molecule has 5 rings (SSSR count). The van der Waals surface area contributed by atoms with Crippen molar-refractivity contribution in [3.05, 3.63) is 39.1 Å². The standard InChI is InChI=1S/C23H29F3N4O2S/c1-3-16-8-17-19(33-16)4-7-32-22(17)5-6-29(14(2)9-22)11-15-12-30(13-15)20(31)18-10-27-21(28-18)23(24,25)26/h8,10,14-15H,3-7,9,11-13H2,1-2H3,(H,27,28)/t14-,22+/m0/s1. The Morgan fingerprint density at radius 3 is 2.85 bits per heavy atom. The minimum atomic E-state index is -4.58. The minimum Gasteiger partial charge on any atom is -0.370 e. The molecule has 0 saturated carbocycles. The van der Waals surface area contributed by atoms with Crippen molar-refractivity contribution in [2.45, 2.75) is 57.3 Å². The normalized spacial score (nSPS) is 26.5. The fraction of sp³-hybridized carbons (Fsp3) is 0.652. The Labute approximate surface area is 195 Å². The summed E-state index contributed by atoms with van der Waals surface area (Å²) in [4.78, 5) is 24.8. The number of nitrogens with one attached hydrogen (secondary N) is 1. The number of piperidine rings is 1. The number of aromatic nitrogens is 2. The second-order valence-electron chi connectivity index (χ2n) is 9.51. The first-order valence-electron chi connectivity index (χ1n) is 11.6. The van der Waals surface area contributed by atoms with Crippen LogP contribution in [0.3, 0.4) is 0 Å². The molecule has 2 aromatic heterocycles. The number of likely N-dealkylation sites (tertiary alicyclic amines) is 2. The smallest absolute Gasteiger partial charge is 0.370 e. The van der Waals surface area contributed by atoms with Crippen LogP contribution in [0.4, 0.5) is 13.2 Å². The number of carbonyl (C=O) groups is 1. The monoisotopic (exact) mass is 482 g/mol. The van der Waals surface area contributed by atoms with Crippen LogP contribution in [-0.4, -0.2) is 64.5 Å². The number of ether oxygens (including phenoxy) is 1. The molecule has 0 radical (unpaired) electrons. The molecule has 5 heterocycles. The van der Waals surface area contributed by atoms with Gasteiger partial charge in [0.25, 0.3) is 5.91 Å². The molecule has 0 unspecified atom stereocenters. The van der Waals surface area contributed by atoms with E-state index in [1.54, 1.807) is 4.90 Å². The van der Waals surface area contributed by atoms with Gasteiger partial charge in [-0.15, -0.1) is 11.3 Å². The van der Waals surface area contributed by atoms with E-state index in [0.717, 1.165) is 51.6 Å². The van der Waals surface area contributed by atoms with Crippen molar-refractivity contribution in [2.24, 2.45) is 5.92 Å². The van der Waals surface area contributed by atoms with Gasteiger partial charge in [-0.25, -0.2) is 4.98 Å². The number of hydrogen-bond acceptors (Lipinski definition) is 5. The maximum atomic E-state index is 12.7. The van der Waals surface area contributed by atoms with Crippen molar-refractivity contribution in [1.29, 1.82) is 0 Å². The predicted molar refractivity (Wildman–Crippen MR) is 118 cm³/mol. The van der Waals surface area contributed by atoms with Gasteiger partial charge >= 0.3 is 6.18 Å². The summed E-state index contributed by atoms with van der Waals surface area (Å²) >= 11 is 1.93. The highest BCUT2D eigenvalue weighted by Crippen LogP contribution is 2.46.